The Morgan fingerprint density at radius 2 is 1.68 bits per heavy atom. The lowest BCUT2D eigenvalue weighted by molar-refractivity contribution is 0.955. The van der Waals surface area contributed by atoms with Gasteiger partial charge in [0.2, 0.25) is 10.8 Å². The van der Waals surface area contributed by atoms with Gasteiger partial charge < -0.3 is 0 Å². The van der Waals surface area contributed by atoms with Crippen LogP contribution < -0.4 is 0 Å². The van der Waals surface area contributed by atoms with Crippen molar-refractivity contribution in [3.63, 3.8) is 0 Å². The van der Waals surface area contributed by atoms with E-state index in [1.54, 1.807) is 16.6 Å². The first-order valence-electron chi connectivity index (χ1n) is 8.08. The van der Waals surface area contributed by atoms with E-state index in [0.29, 0.717) is 31.5 Å². The summed E-state index contributed by atoms with van der Waals surface area (Å²) in [5.74, 6) is 0.565. The molecule has 3 heterocycles. The number of H-pyrrole nitrogens is 1. The Morgan fingerprint density at radius 1 is 0.893 bits per heavy atom. The van der Waals surface area contributed by atoms with E-state index in [0.717, 1.165) is 21.8 Å². The molecule has 0 aliphatic carbocycles. The minimum atomic E-state index is 0.533. The molecule has 0 aliphatic heterocycles. The van der Waals surface area contributed by atoms with Gasteiger partial charge in [0.15, 0.2) is 0 Å². The molecule has 28 heavy (non-hydrogen) atoms. The van der Waals surface area contributed by atoms with Crippen molar-refractivity contribution in [2.24, 2.45) is 0 Å². The van der Waals surface area contributed by atoms with Crippen LogP contribution in [0.25, 0.3) is 38.3 Å². The molecule has 0 bridgehead atoms. The van der Waals surface area contributed by atoms with Crippen molar-refractivity contribution < 1.29 is 0 Å². The van der Waals surface area contributed by atoms with Crippen LogP contribution >= 0.6 is 46.1 Å². The molecule has 0 unspecified atom stereocenters. The van der Waals surface area contributed by atoms with Gasteiger partial charge >= 0.3 is 0 Å². The van der Waals surface area contributed by atoms with E-state index in [9.17, 15) is 0 Å². The van der Waals surface area contributed by atoms with Crippen molar-refractivity contribution in [3.8, 4) is 33.3 Å². The Morgan fingerprint density at radius 3 is 2.46 bits per heavy atom. The average molecular weight is 448 g/mol. The summed E-state index contributed by atoms with van der Waals surface area (Å²) in [6.07, 6.45) is 0. The molecule has 5 aromatic rings. The largest absolute Gasteiger partial charge is 0.274 e. The lowest BCUT2D eigenvalue weighted by Crippen LogP contribution is -1.91. The van der Waals surface area contributed by atoms with E-state index in [1.807, 2.05) is 36.4 Å². The average Bonchev–Trinajstić information content (AvgIpc) is 3.37. The van der Waals surface area contributed by atoms with Gasteiger partial charge in [-0.3, -0.25) is 5.10 Å². The van der Waals surface area contributed by atoms with Crippen molar-refractivity contribution >= 4 is 51.1 Å². The van der Waals surface area contributed by atoms with Gasteiger partial charge in [0.1, 0.15) is 10.7 Å². The summed E-state index contributed by atoms with van der Waals surface area (Å²) in [4.78, 5) is 0.652. The summed E-state index contributed by atoms with van der Waals surface area (Å²) in [5.41, 5.74) is 3.22. The molecule has 3 aromatic heterocycles. The quantitative estimate of drug-likeness (QED) is 0.375. The Labute approximate surface area is 177 Å². The van der Waals surface area contributed by atoms with Gasteiger partial charge in [0.25, 0.3) is 0 Å². The predicted octanol–water partition coefficient (Wildman–Crippen LogP) is 5.87. The fraction of sp³-hybridized carbons (Fsp3) is 0. The first kappa shape index (κ1) is 17.6. The van der Waals surface area contributed by atoms with E-state index in [1.165, 1.54) is 11.3 Å². The third-order valence-corrected chi connectivity index (χ3v) is 5.84. The highest BCUT2D eigenvalue weighted by molar-refractivity contribution is 7.19. The second-order valence-electron chi connectivity index (χ2n) is 5.92. The lowest BCUT2D eigenvalue weighted by atomic mass is 10.1. The number of aromatic amines is 1. The van der Waals surface area contributed by atoms with E-state index >= 15 is 0 Å². The Kier molecular flexibility index (Phi) is 4.32. The number of benzene rings is 2. The number of nitrogens with zero attached hydrogens (tertiary/aromatic N) is 5. The van der Waals surface area contributed by atoms with Crippen molar-refractivity contribution in [3.05, 3.63) is 63.6 Å². The lowest BCUT2D eigenvalue weighted by Gasteiger charge is -1.99. The summed E-state index contributed by atoms with van der Waals surface area (Å²) in [6, 6.07) is 14.7. The number of fused-ring (bicyclic) bond motifs is 1. The molecule has 0 atom stereocenters. The van der Waals surface area contributed by atoms with E-state index < -0.39 is 0 Å². The van der Waals surface area contributed by atoms with Gasteiger partial charge in [0.05, 0.1) is 10.7 Å². The first-order chi connectivity index (χ1) is 13.6. The molecule has 6 nitrogen and oxygen atoms in total. The maximum absolute atomic E-state index is 6.31. The standard InChI is InChI=1S/C18H9Cl3N6S/c19-10-3-1-9(2-4-10)14-8-15(23-22-14)16-24-25-18-27(16)26-17(28-18)12-6-5-11(20)7-13(12)21/h1-8H,(H,22,23). The molecule has 0 spiro atoms. The first-order valence-corrected chi connectivity index (χ1v) is 10.0. The van der Waals surface area contributed by atoms with E-state index in [2.05, 4.69) is 25.5 Å². The highest BCUT2D eigenvalue weighted by atomic mass is 35.5. The molecule has 0 aliphatic rings. The molecule has 0 saturated heterocycles. The molecular formula is C18H9Cl3N6S. The Hall–Kier alpha value is -2.45. The molecule has 0 fully saturated rings. The molecule has 138 valence electrons. The molecule has 2 aromatic carbocycles. The topological polar surface area (TPSA) is 71.8 Å². The molecule has 0 saturated carbocycles. The van der Waals surface area contributed by atoms with Crippen LogP contribution in [0.15, 0.2) is 48.5 Å². The number of nitrogens with one attached hydrogen (secondary N) is 1. The normalized spacial score (nSPS) is 11.4. The minimum Gasteiger partial charge on any atom is -0.274 e. The van der Waals surface area contributed by atoms with Gasteiger partial charge in [-0.05, 0) is 36.4 Å². The summed E-state index contributed by atoms with van der Waals surface area (Å²) < 4.78 is 1.67. The van der Waals surface area contributed by atoms with Gasteiger partial charge in [0, 0.05) is 21.2 Å². The molecule has 5 rings (SSSR count). The molecule has 0 amide bonds. The third kappa shape index (κ3) is 3.06. The van der Waals surface area contributed by atoms with Crippen molar-refractivity contribution in [1.29, 1.82) is 0 Å². The highest BCUT2D eigenvalue weighted by Crippen LogP contribution is 2.34. The second kappa shape index (κ2) is 6.86. The fourth-order valence-electron chi connectivity index (χ4n) is 2.76. The van der Waals surface area contributed by atoms with Crippen LogP contribution in [0.3, 0.4) is 0 Å². The zero-order chi connectivity index (χ0) is 19.3. The van der Waals surface area contributed by atoms with Crippen LogP contribution in [-0.4, -0.2) is 30.0 Å². The van der Waals surface area contributed by atoms with Crippen LogP contribution in [0.2, 0.25) is 15.1 Å². The maximum atomic E-state index is 6.31. The van der Waals surface area contributed by atoms with Gasteiger partial charge in [-0.2, -0.15) is 14.7 Å². The monoisotopic (exact) mass is 446 g/mol. The Balaban J connectivity index is 1.55. The minimum absolute atomic E-state index is 0.533. The van der Waals surface area contributed by atoms with Crippen LogP contribution in [0.4, 0.5) is 0 Å². The van der Waals surface area contributed by atoms with Crippen LogP contribution in [0, 0.1) is 0 Å². The molecular weight excluding hydrogens is 439 g/mol. The van der Waals surface area contributed by atoms with Gasteiger partial charge in [-0.25, -0.2) is 0 Å². The van der Waals surface area contributed by atoms with Gasteiger partial charge in [-0.15, -0.1) is 10.2 Å². The van der Waals surface area contributed by atoms with Crippen LogP contribution in [0.1, 0.15) is 0 Å². The SMILES string of the molecule is Clc1ccc(-c2cc(-c3nnc4sc(-c5ccc(Cl)cc5Cl)nn34)[nH]n2)cc1. The van der Waals surface area contributed by atoms with E-state index in [4.69, 9.17) is 34.8 Å². The van der Waals surface area contributed by atoms with Crippen LogP contribution in [0.5, 0.6) is 0 Å². The Bertz CT molecular complexity index is 1300. The summed E-state index contributed by atoms with van der Waals surface area (Å²) in [5, 5.41) is 22.9. The molecule has 1 N–H and O–H groups in total. The van der Waals surface area contributed by atoms with Crippen LogP contribution in [-0.2, 0) is 0 Å². The number of hydrogen-bond donors (Lipinski definition) is 1. The zero-order valence-electron chi connectivity index (χ0n) is 13.9. The molecule has 0 radical (unpaired) electrons. The summed E-state index contributed by atoms with van der Waals surface area (Å²) in [6.45, 7) is 0. The number of hydrogen-bond acceptors (Lipinski definition) is 5. The second-order valence-corrected chi connectivity index (χ2v) is 8.16. The summed E-state index contributed by atoms with van der Waals surface area (Å²) in [7, 11) is 0. The number of halogens is 3. The molecule has 10 heteroatoms. The maximum Gasteiger partial charge on any atom is 0.235 e. The fourth-order valence-corrected chi connectivity index (χ4v) is 4.32. The zero-order valence-corrected chi connectivity index (χ0v) is 17.0. The smallest absolute Gasteiger partial charge is 0.235 e. The van der Waals surface area contributed by atoms with E-state index in [-0.39, 0.29) is 0 Å². The highest BCUT2D eigenvalue weighted by Gasteiger charge is 2.18. The number of rotatable bonds is 3. The number of aromatic nitrogens is 6. The van der Waals surface area contributed by atoms with Gasteiger partial charge in [-0.1, -0.05) is 58.3 Å². The van der Waals surface area contributed by atoms with Crippen molar-refractivity contribution in [2.45, 2.75) is 0 Å². The van der Waals surface area contributed by atoms with Crippen molar-refractivity contribution in [1.82, 2.24) is 30.0 Å². The third-order valence-electron chi connectivity index (χ3n) is 4.11. The predicted molar refractivity (Wildman–Crippen MR) is 112 cm³/mol. The summed E-state index contributed by atoms with van der Waals surface area (Å²) >= 11 is 19.6. The van der Waals surface area contributed by atoms with Crippen molar-refractivity contribution in [2.75, 3.05) is 0 Å².